The molecule has 4 rings (SSSR count). The number of fused-ring (bicyclic) bond motifs is 3. The summed E-state index contributed by atoms with van der Waals surface area (Å²) in [5.41, 5.74) is 0.555. The van der Waals surface area contributed by atoms with E-state index in [0.29, 0.717) is 60.3 Å². The second-order valence-electron chi connectivity index (χ2n) is 6.97. The van der Waals surface area contributed by atoms with Crippen molar-refractivity contribution in [3.8, 4) is 5.88 Å². The van der Waals surface area contributed by atoms with Gasteiger partial charge in [0.1, 0.15) is 5.76 Å². The van der Waals surface area contributed by atoms with Crippen LogP contribution in [0.25, 0.3) is 11.0 Å². The van der Waals surface area contributed by atoms with Crippen LogP contribution in [0.4, 0.5) is 5.69 Å². The van der Waals surface area contributed by atoms with Gasteiger partial charge in [0.25, 0.3) is 11.6 Å². The fraction of sp³-hybridized carbons (Fsp3) is 0.389. The fourth-order valence-corrected chi connectivity index (χ4v) is 3.79. The zero-order valence-corrected chi connectivity index (χ0v) is 15.5. The third-order valence-corrected chi connectivity index (χ3v) is 5.23. The van der Waals surface area contributed by atoms with Crippen LogP contribution >= 0.6 is 0 Å². The molecule has 2 aromatic heterocycles. The highest BCUT2D eigenvalue weighted by Crippen LogP contribution is 2.35. The topological polar surface area (TPSA) is 164 Å². The molecule has 0 radical (unpaired) electrons. The predicted molar refractivity (Wildman–Crippen MR) is 100 cm³/mol. The predicted octanol–water partition coefficient (Wildman–Crippen LogP) is 1.24. The standard InChI is InChI=1S/C18H18N4O7/c1-8-10(16(23)21-29-8)4-5-28-9-2-3-11-12(6-9)15-13(7-14(11)22(26)27)19-17(24)18(25)20-15/h7,9H,2-6H2,1H3,(H,19,24)(H,20,25)(H,21,23). The Bertz CT molecular complexity index is 1200. The van der Waals surface area contributed by atoms with E-state index in [4.69, 9.17) is 9.26 Å². The molecule has 11 heteroatoms. The lowest BCUT2D eigenvalue weighted by Crippen LogP contribution is -2.31. The molecule has 0 amide bonds. The van der Waals surface area contributed by atoms with E-state index < -0.39 is 16.0 Å². The molecular weight excluding hydrogens is 384 g/mol. The highest BCUT2D eigenvalue weighted by molar-refractivity contribution is 5.83. The van der Waals surface area contributed by atoms with Crippen molar-refractivity contribution in [3.63, 3.8) is 0 Å². The number of hydrogen-bond acceptors (Lipinski definition) is 8. The fourth-order valence-electron chi connectivity index (χ4n) is 3.79. The Morgan fingerprint density at radius 3 is 2.79 bits per heavy atom. The van der Waals surface area contributed by atoms with Gasteiger partial charge in [-0.05, 0) is 30.5 Å². The molecule has 2 heterocycles. The van der Waals surface area contributed by atoms with Crippen molar-refractivity contribution in [2.45, 2.75) is 38.7 Å². The monoisotopic (exact) mass is 402 g/mol. The summed E-state index contributed by atoms with van der Waals surface area (Å²) in [5.74, 6) is 0.353. The van der Waals surface area contributed by atoms with Crippen LogP contribution in [0.3, 0.4) is 0 Å². The zero-order chi connectivity index (χ0) is 20.7. The van der Waals surface area contributed by atoms with Crippen molar-refractivity contribution in [1.29, 1.82) is 0 Å². The van der Waals surface area contributed by atoms with Gasteiger partial charge in [0.05, 0.1) is 34.2 Å². The molecule has 11 nitrogen and oxygen atoms in total. The average Bonchev–Trinajstić information content (AvgIpc) is 3.00. The van der Waals surface area contributed by atoms with Crippen LogP contribution < -0.4 is 11.1 Å². The quantitative estimate of drug-likeness (QED) is 0.326. The minimum absolute atomic E-state index is 0.0846. The maximum atomic E-state index is 11.8. The van der Waals surface area contributed by atoms with Gasteiger partial charge in [0.15, 0.2) is 0 Å². The van der Waals surface area contributed by atoms with Crippen LogP contribution in [-0.2, 0) is 24.0 Å². The summed E-state index contributed by atoms with van der Waals surface area (Å²) in [6.45, 7) is 2.00. The molecule has 1 aromatic carbocycles. The summed E-state index contributed by atoms with van der Waals surface area (Å²) >= 11 is 0. The maximum absolute atomic E-state index is 11.8. The maximum Gasteiger partial charge on any atom is 0.314 e. The molecule has 1 aliphatic rings. The molecule has 0 aliphatic heterocycles. The number of nitro benzene ring substituents is 1. The minimum Gasteiger partial charge on any atom is -0.491 e. The Balaban J connectivity index is 1.62. The highest BCUT2D eigenvalue weighted by Gasteiger charge is 2.29. The lowest BCUT2D eigenvalue weighted by molar-refractivity contribution is -0.385. The van der Waals surface area contributed by atoms with Crippen molar-refractivity contribution in [2.24, 2.45) is 0 Å². The van der Waals surface area contributed by atoms with Crippen LogP contribution in [0.2, 0.25) is 0 Å². The van der Waals surface area contributed by atoms with Gasteiger partial charge in [0, 0.05) is 24.5 Å². The second kappa shape index (κ2) is 7.17. The third-order valence-electron chi connectivity index (χ3n) is 5.23. The van der Waals surface area contributed by atoms with Gasteiger partial charge in [-0.25, -0.2) is 0 Å². The molecule has 29 heavy (non-hydrogen) atoms. The molecule has 0 spiro atoms. The second-order valence-corrected chi connectivity index (χ2v) is 6.97. The van der Waals surface area contributed by atoms with Crippen LogP contribution in [-0.4, -0.2) is 37.9 Å². The van der Waals surface area contributed by atoms with Gasteiger partial charge in [0.2, 0.25) is 0 Å². The van der Waals surface area contributed by atoms with Crippen molar-refractivity contribution < 1.29 is 19.3 Å². The smallest absolute Gasteiger partial charge is 0.314 e. The number of nitro groups is 1. The lowest BCUT2D eigenvalue weighted by Gasteiger charge is -2.25. The summed E-state index contributed by atoms with van der Waals surface area (Å²) in [4.78, 5) is 39.4. The summed E-state index contributed by atoms with van der Waals surface area (Å²) in [6, 6.07) is 1.28. The molecule has 3 N–H and O–H groups in total. The Morgan fingerprint density at radius 1 is 1.34 bits per heavy atom. The zero-order valence-electron chi connectivity index (χ0n) is 15.5. The van der Waals surface area contributed by atoms with Crippen molar-refractivity contribution in [3.05, 3.63) is 59.3 Å². The van der Waals surface area contributed by atoms with E-state index in [0.717, 1.165) is 0 Å². The first kappa shape index (κ1) is 18.9. The minimum atomic E-state index is -0.862. The Morgan fingerprint density at radius 2 is 2.10 bits per heavy atom. The van der Waals surface area contributed by atoms with Gasteiger partial charge in [-0.15, -0.1) is 0 Å². The highest BCUT2D eigenvalue weighted by atomic mass is 16.6. The van der Waals surface area contributed by atoms with E-state index in [2.05, 4.69) is 15.1 Å². The van der Waals surface area contributed by atoms with Crippen molar-refractivity contribution in [2.75, 3.05) is 6.61 Å². The molecule has 0 fully saturated rings. The number of aromatic amines is 2. The first-order chi connectivity index (χ1) is 13.8. The number of hydrogen-bond donors (Lipinski definition) is 3. The van der Waals surface area contributed by atoms with E-state index in [-0.39, 0.29) is 23.2 Å². The van der Waals surface area contributed by atoms with Crippen molar-refractivity contribution >= 4 is 16.7 Å². The number of H-pyrrole nitrogens is 2. The SMILES string of the molecule is Cc1onc(O)c1CCOC1CCc2c([N+](=O)[O-])cc3[nH]c(=O)c(=O)[nH]c3c2C1. The first-order valence-electron chi connectivity index (χ1n) is 9.06. The van der Waals surface area contributed by atoms with Crippen molar-refractivity contribution in [1.82, 2.24) is 15.1 Å². The average molecular weight is 402 g/mol. The van der Waals surface area contributed by atoms with E-state index in [1.807, 2.05) is 0 Å². The summed E-state index contributed by atoms with van der Waals surface area (Å²) in [7, 11) is 0. The number of nitrogens with one attached hydrogen (secondary N) is 2. The molecule has 1 atom stereocenters. The van der Waals surface area contributed by atoms with Gasteiger partial charge < -0.3 is 24.3 Å². The number of aromatic hydroxyl groups is 1. The van der Waals surface area contributed by atoms with E-state index >= 15 is 0 Å². The number of benzene rings is 1. The summed E-state index contributed by atoms with van der Waals surface area (Å²) in [6.07, 6.45) is 1.51. The van der Waals surface area contributed by atoms with Gasteiger partial charge in [-0.3, -0.25) is 19.7 Å². The van der Waals surface area contributed by atoms with Gasteiger partial charge in [-0.1, -0.05) is 0 Å². The molecule has 152 valence electrons. The first-order valence-corrected chi connectivity index (χ1v) is 9.06. The number of ether oxygens (including phenoxy) is 1. The molecule has 0 saturated heterocycles. The van der Waals surface area contributed by atoms with E-state index in [1.165, 1.54) is 6.07 Å². The molecular formula is C18H18N4O7. The number of aryl methyl sites for hydroxylation is 1. The van der Waals surface area contributed by atoms with Crippen LogP contribution in [0.1, 0.15) is 28.9 Å². The summed E-state index contributed by atoms with van der Waals surface area (Å²) in [5, 5.41) is 24.6. The molecule has 3 aromatic rings. The normalized spacial score (nSPS) is 16.1. The van der Waals surface area contributed by atoms with Crippen LogP contribution in [0.15, 0.2) is 20.2 Å². The Labute approximate surface area is 162 Å². The van der Waals surface area contributed by atoms with Crippen LogP contribution in [0.5, 0.6) is 5.88 Å². The Kier molecular flexibility index (Phi) is 4.66. The van der Waals surface area contributed by atoms with E-state index in [9.17, 15) is 24.8 Å². The lowest BCUT2D eigenvalue weighted by atomic mass is 9.87. The molecule has 0 saturated carbocycles. The molecule has 1 unspecified atom stereocenters. The van der Waals surface area contributed by atoms with Crippen LogP contribution in [0, 0.1) is 17.0 Å². The molecule has 1 aliphatic carbocycles. The number of nitrogens with zero attached hydrogens (tertiary/aromatic N) is 2. The molecule has 0 bridgehead atoms. The Hall–Kier alpha value is -3.47. The third kappa shape index (κ3) is 3.40. The van der Waals surface area contributed by atoms with Gasteiger partial charge in [-0.2, -0.15) is 0 Å². The van der Waals surface area contributed by atoms with E-state index in [1.54, 1.807) is 6.92 Å². The summed E-state index contributed by atoms with van der Waals surface area (Å²) < 4.78 is 10.8. The largest absolute Gasteiger partial charge is 0.491 e. The van der Waals surface area contributed by atoms with Gasteiger partial charge >= 0.3 is 11.1 Å². The number of aromatic nitrogens is 3. The number of rotatable bonds is 5.